The number of carbonyl (C=O) groups excluding carboxylic acids is 1. The number of nitrogens with one attached hydrogen (secondary N) is 1. The Kier molecular flexibility index (Phi) is 5.24. The minimum absolute atomic E-state index is 0.130. The summed E-state index contributed by atoms with van der Waals surface area (Å²) in [5, 5.41) is 0.574. The largest absolute Gasteiger partial charge is 0.333 e. The van der Waals surface area contributed by atoms with Crippen molar-refractivity contribution >= 4 is 27.4 Å². The molecule has 0 aliphatic rings. The van der Waals surface area contributed by atoms with E-state index in [1.165, 1.54) is 48.2 Å². The van der Waals surface area contributed by atoms with Crippen molar-refractivity contribution < 1.29 is 17.6 Å². The van der Waals surface area contributed by atoms with Gasteiger partial charge in [-0.15, -0.1) is 0 Å². The fraction of sp³-hybridized carbons (Fsp3) is 0.111. The Morgan fingerprint density at radius 2 is 1.77 bits per heavy atom. The maximum absolute atomic E-state index is 13.0. The Morgan fingerprint density at radius 1 is 1.12 bits per heavy atom. The lowest BCUT2D eigenvalue weighted by atomic mass is 10.1. The van der Waals surface area contributed by atoms with E-state index in [0.29, 0.717) is 10.7 Å². The Hall–Kier alpha value is -2.45. The van der Waals surface area contributed by atoms with Crippen LogP contribution in [0.2, 0.25) is 0 Å². The Balaban J connectivity index is 1.64. The standard InChI is InChI=1S/C18H15FN2O3S2/c1-26(23,24)15-8-4-13(5-9-15)17(22)11-25-18-20-10-16(21-18)12-2-6-14(19)7-3-12/h2-10H,11H2,1H3,(H,20,21). The van der Waals surface area contributed by atoms with E-state index in [1.807, 2.05) is 0 Å². The van der Waals surface area contributed by atoms with Gasteiger partial charge >= 0.3 is 0 Å². The first kappa shape index (κ1) is 18.3. The monoisotopic (exact) mass is 390 g/mol. The topological polar surface area (TPSA) is 79.9 Å². The number of imidazole rings is 1. The highest BCUT2D eigenvalue weighted by molar-refractivity contribution is 7.99. The van der Waals surface area contributed by atoms with Gasteiger partial charge < -0.3 is 4.98 Å². The van der Waals surface area contributed by atoms with Crippen LogP contribution in [0, 0.1) is 5.82 Å². The zero-order chi connectivity index (χ0) is 18.7. The number of benzene rings is 2. The average molecular weight is 390 g/mol. The first-order chi connectivity index (χ1) is 12.3. The van der Waals surface area contributed by atoms with E-state index in [4.69, 9.17) is 0 Å². The molecule has 0 bridgehead atoms. The quantitative estimate of drug-likeness (QED) is 0.514. The van der Waals surface area contributed by atoms with Crippen LogP contribution in [0.3, 0.4) is 0 Å². The maximum atomic E-state index is 13.0. The number of thioether (sulfide) groups is 1. The van der Waals surface area contributed by atoms with E-state index in [9.17, 15) is 17.6 Å². The average Bonchev–Trinajstić information content (AvgIpc) is 3.08. The van der Waals surface area contributed by atoms with Crippen molar-refractivity contribution in [3.63, 3.8) is 0 Å². The smallest absolute Gasteiger partial charge is 0.175 e. The van der Waals surface area contributed by atoms with E-state index < -0.39 is 9.84 Å². The molecule has 0 fully saturated rings. The summed E-state index contributed by atoms with van der Waals surface area (Å²) in [7, 11) is -3.28. The fourth-order valence-electron chi connectivity index (χ4n) is 2.26. The number of Topliss-reactive ketones (excluding diaryl/α,β-unsaturated/α-hetero) is 1. The molecule has 0 radical (unpaired) electrons. The molecule has 1 N–H and O–H groups in total. The number of halogens is 1. The van der Waals surface area contributed by atoms with Crippen molar-refractivity contribution in [2.45, 2.75) is 10.1 Å². The summed E-state index contributed by atoms with van der Waals surface area (Å²) >= 11 is 1.24. The van der Waals surface area contributed by atoms with Crippen LogP contribution in [-0.2, 0) is 9.84 Å². The molecule has 0 amide bonds. The molecule has 26 heavy (non-hydrogen) atoms. The number of hydrogen-bond acceptors (Lipinski definition) is 5. The second-order valence-electron chi connectivity index (χ2n) is 5.62. The summed E-state index contributed by atoms with van der Waals surface area (Å²) in [6.45, 7) is 0. The number of aromatic amines is 1. The molecule has 0 saturated carbocycles. The first-order valence-electron chi connectivity index (χ1n) is 7.60. The summed E-state index contributed by atoms with van der Waals surface area (Å²) in [5.41, 5.74) is 1.97. The molecule has 0 aliphatic heterocycles. The van der Waals surface area contributed by atoms with E-state index in [1.54, 1.807) is 18.3 Å². The van der Waals surface area contributed by atoms with Crippen LogP contribution < -0.4 is 0 Å². The summed E-state index contributed by atoms with van der Waals surface area (Å²) in [4.78, 5) is 19.7. The number of carbonyl (C=O) groups is 1. The third-order valence-corrected chi connectivity index (χ3v) is 5.67. The number of H-pyrrole nitrogens is 1. The molecule has 3 aromatic rings. The molecule has 0 unspecified atom stereocenters. The van der Waals surface area contributed by atoms with Gasteiger partial charge in [-0.05, 0) is 42.0 Å². The highest BCUT2D eigenvalue weighted by Gasteiger charge is 2.12. The van der Waals surface area contributed by atoms with Gasteiger partial charge in [0.1, 0.15) is 5.82 Å². The van der Waals surface area contributed by atoms with Gasteiger partial charge in [-0.25, -0.2) is 17.8 Å². The zero-order valence-electron chi connectivity index (χ0n) is 13.8. The zero-order valence-corrected chi connectivity index (χ0v) is 15.4. The summed E-state index contributed by atoms with van der Waals surface area (Å²) in [6, 6.07) is 11.9. The molecule has 3 rings (SSSR count). The minimum atomic E-state index is -3.28. The maximum Gasteiger partial charge on any atom is 0.175 e. The van der Waals surface area contributed by atoms with Gasteiger partial charge in [0.15, 0.2) is 20.8 Å². The van der Waals surface area contributed by atoms with Crippen LogP contribution in [0.4, 0.5) is 4.39 Å². The van der Waals surface area contributed by atoms with Crippen LogP contribution in [-0.4, -0.2) is 36.2 Å². The second kappa shape index (κ2) is 7.43. The fourth-order valence-corrected chi connectivity index (χ4v) is 3.63. The lowest BCUT2D eigenvalue weighted by Crippen LogP contribution is -2.04. The Morgan fingerprint density at radius 3 is 2.38 bits per heavy atom. The first-order valence-corrected chi connectivity index (χ1v) is 10.5. The van der Waals surface area contributed by atoms with Gasteiger partial charge in [-0.3, -0.25) is 4.79 Å². The molecular formula is C18H15FN2O3S2. The van der Waals surface area contributed by atoms with E-state index in [0.717, 1.165) is 17.5 Å². The number of hydrogen-bond donors (Lipinski definition) is 1. The van der Waals surface area contributed by atoms with Crippen LogP contribution >= 0.6 is 11.8 Å². The Bertz CT molecular complexity index is 1030. The molecule has 134 valence electrons. The highest BCUT2D eigenvalue weighted by Crippen LogP contribution is 2.22. The van der Waals surface area contributed by atoms with Gasteiger partial charge in [-0.2, -0.15) is 0 Å². The van der Waals surface area contributed by atoms with E-state index in [2.05, 4.69) is 9.97 Å². The van der Waals surface area contributed by atoms with Crippen molar-refractivity contribution in [2.75, 3.05) is 12.0 Å². The molecule has 0 saturated heterocycles. The normalized spacial score (nSPS) is 11.5. The van der Waals surface area contributed by atoms with E-state index in [-0.39, 0.29) is 22.2 Å². The predicted molar refractivity (Wildman–Crippen MR) is 98.6 cm³/mol. The second-order valence-corrected chi connectivity index (χ2v) is 8.60. The lowest BCUT2D eigenvalue weighted by molar-refractivity contribution is 0.102. The third kappa shape index (κ3) is 4.39. The van der Waals surface area contributed by atoms with Crippen LogP contribution in [0.15, 0.2) is 64.8 Å². The number of rotatable bonds is 6. The molecule has 5 nitrogen and oxygen atoms in total. The summed E-state index contributed by atoms with van der Waals surface area (Å²) in [6.07, 6.45) is 2.75. The summed E-state index contributed by atoms with van der Waals surface area (Å²) < 4.78 is 35.8. The molecule has 0 aliphatic carbocycles. The van der Waals surface area contributed by atoms with Crippen molar-refractivity contribution in [2.24, 2.45) is 0 Å². The SMILES string of the molecule is CS(=O)(=O)c1ccc(C(=O)CSc2ncc(-c3ccc(F)cc3)[nH]2)cc1. The molecule has 0 atom stereocenters. The van der Waals surface area contributed by atoms with Crippen LogP contribution in [0.5, 0.6) is 0 Å². The lowest BCUT2D eigenvalue weighted by Gasteiger charge is -2.02. The molecule has 1 aromatic heterocycles. The number of sulfone groups is 1. The minimum Gasteiger partial charge on any atom is -0.333 e. The van der Waals surface area contributed by atoms with Gasteiger partial charge in [0.25, 0.3) is 0 Å². The Labute approximate surface area is 154 Å². The number of ketones is 1. The molecule has 8 heteroatoms. The van der Waals surface area contributed by atoms with Crippen molar-refractivity contribution in [1.82, 2.24) is 9.97 Å². The summed E-state index contributed by atoms with van der Waals surface area (Å²) in [5.74, 6) is -0.278. The van der Waals surface area contributed by atoms with Crippen LogP contribution in [0.1, 0.15) is 10.4 Å². The molecular weight excluding hydrogens is 375 g/mol. The predicted octanol–water partition coefficient (Wildman–Crippen LogP) is 3.59. The van der Waals surface area contributed by atoms with Crippen molar-refractivity contribution in [3.05, 3.63) is 66.1 Å². The van der Waals surface area contributed by atoms with Gasteiger partial charge in [0, 0.05) is 11.8 Å². The number of nitrogens with zero attached hydrogens (tertiary/aromatic N) is 1. The molecule has 2 aromatic carbocycles. The highest BCUT2D eigenvalue weighted by atomic mass is 32.2. The van der Waals surface area contributed by atoms with Gasteiger partial charge in [0.05, 0.1) is 22.5 Å². The van der Waals surface area contributed by atoms with Crippen LogP contribution in [0.25, 0.3) is 11.3 Å². The molecule has 1 heterocycles. The van der Waals surface area contributed by atoms with Crippen molar-refractivity contribution in [3.8, 4) is 11.3 Å². The van der Waals surface area contributed by atoms with Gasteiger partial charge in [0.2, 0.25) is 0 Å². The van der Waals surface area contributed by atoms with Gasteiger partial charge in [-0.1, -0.05) is 23.9 Å². The van der Waals surface area contributed by atoms with Crippen molar-refractivity contribution in [1.29, 1.82) is 0 Å². The number of aromatic nitrogens is 2. The van der Waals surface area contributed by atoms with E-state index >= 15 is 0 Å². The third-order valence-electron chi connectivity index (χ3n) is 3.65. The molecule has 0 spiro atoms.